The van der Waals surface area contributed by atoms with Crippen molar-refractivity contribution >= 4 is 35.5 Å². The molecule has 27 heavy (non-hydrogen) atoms. The number of ether oxygens (including phenoxy) is 3. The number of nitrogens with zero attached hydrogens (tertiary/aromatic N) is 1. The largest absolute Gasteiger partial charge is 0.493 e. The number of methoxy groups -OCH3 is 1. The number of hydrogen-bond acceptors (Lipinski definition) is 6. The third kappa shape index (κ3) is 4.17. The topological polar surface area (TPSA) is 74.2 Å². The summed E-state index contributed by atoms with van der Waals surface area (Å²) >= 11 is 6.22. The number of esters is 2. The van der Waals surface area contributed by atoms with Crippen LogP contribution in [0, 0.1) is 0 Å². The van der Waals surface area contributed by atoms with Crippen LogP contribution in [0.3, 0.4) is 0 Å². The molecule has 7 heteroatoms. The number of carbonyl (C=O) groups excluding carboxylic acids is 2. The van der Waals surface area contributed by atoms with Gasteiger partial charge in [-0.15, -0.1) is 0 Å². The van der Waals surface area contributed by atoms with Gasteiger partial charge in [-0.25, -0.2) is 9.79 Å². The molecule has 0 amide bonds. The lowest BCUT2D eigenvalue weighted by Crippen LogP contribution is -2.07. The molecule has 3 rings (SSSR count). The predicted molar refractivity (Wildman–Crippen MR) is 101 cm³/mol. The van der Waals surface area contributed by atoms with Gasteiger partial charge < -0.3 is 14.2 Å². The summed E-state index contributed by atoms with van der Waals surface area (Å²) < 4.78 is 15.7. The van der Waals surface area contributed by atoms with Gasteiger partial charge in [-0.05, 0) is 35.9 Å². The summed E-state index contributed by atoms with van der Waals surface area (Å²) in [4.78, 5) is 27.9. The smallest absolute Gasteiger partial charge is 0.363 e. The van der Waals surface area contributed by atoms with Gasteiger partial charge in [-0.1, -0.05) is 36.7 Å². The Morgan fingerprint density at radius 3 is 2.67 bits per heavy atom. The lowest BCUT2D eigenvalue weighted by Gasteiger charge is -2.11. The van der Waals surface area contributed by atoms with E-state index in [4.69, 9.17) is 25.8 Å². The van der Waals surface area contributed by atoms with Crippen LogP contribution in [0.4, 0.5) is 0 Å². The van der Waals surface area contributed by atoms with Crippen LogP contribution in [-0.4, -0.2) is 24.9 Å². The van der Waals surface area contributed by atoms with Crippen molar-refractivity contribution in [2.45, 2.75) is 13.3 Å². The second-order valence-electron chi connectivity index (χ2n) is 5.56. The summed E-state index contributed by atoms with van der Waals surface area (Å²) in [5.41, 5.74) is 1.38. The van der Waals surface area contributed by atoms with Crippen molar-refractivity contribution in [1.82, 2.24) is 0 Å². The Labute approximate surface area is 161 Å². The van der Waals surface area contributed by atoms with Crippen LogP contribution in [0.5, 0.6) is 11.5 Å². The summed E-state index contributed by atoms with van der Waals surface area (Å²) in [5, 5.41) is 0.182. The molecule has 0 aromatic heterocycles. The molecule has 0 atom stereocenters. The van der Waals surface area contributed by atoms with Crippen LogP contribution in [0.2, 0.25) is 5.02 Å². The molecule has 0 saturated carbocycles. The molecule has 138 valence electrons. The maximum Gasteiger partial charge on any atom is 0.363 e. The van der Waals surface area contributed by atoms with Gasteiger partial charge in [0.05, 0.1) is 12.1 Å². The minimum absolute atomic E-state index is 0.130. The summed E-state index contributed by atoms with van der Waals surface area (Å²) in [7, 11) is 1.43. The van der Waals surface area contributed by atoms with E-state index in [1.54, 1.807) is 31.2 Å². The average Bonchev–Trinajstić information content (AvgIpc) is 3.04. The molecule has 0 bridgehead atoms. The number of hydrogen-bond donors (Lipinski definition) is 0. The van der Waals surface area contributed by atoms with Crippen LogP contribution in [0.15, 0.2) is 53.2 Å². The van der Waals surface area contributed by atoms with Gasteiger partial charge in [0, 0.05) is 12.0 Å². The van der Waals surface area contributed by atoms with Gasteiger partial charge in [-0.2, -0.15) is 0 Å². The van der Waals surface area contributed by atoms with E-state index in [9.17, 15) is 9.59 Å². The molecule has 1 aliphatic rings. The normalized spacial score (nSPS) is 14.7. The standard InChI is InChI=1S/C20H16ClNO5/c1-3-17(23)26-18-14(21)9-12(11-16(18)25-2)10-15-20(24)27-19(22-15)13-7-5-4-6-8-13/h4-11H,3H2,1-2H3/b15-10+. The Morgan fingerprint density at radius 2 is 2.00 bits per heavy atom. The predicted octanol–water partition coefficient (Wildman–Crippen LogP) is 4.01. The first kappa shape index (κ1) is 18.7. The maximum absolute atomic E-state index is 12.1. The average molecular weight is 386 g/mol. The highest BCUT2D eigenvalue weighted by Crippen LogP contribution is 2.37. The van der Waals surface area contributed by atoms with Gasteiger partial charge in [-0.3, -0.25) is 4.79 Å². The van der Waals surface area contributed by atoms with Crippen molar-refractivity contribution in [2.24, 2.45) is 4.99 Å². The van der Waals surface area contributed by atoms with Crippen molar-refractivity contribution in [3.05, 3.63) is 64.3 Å². The van der Waals surface area contributed by atoms with Gasteiger partial charge in [0.15, 0.2) is 17.2 Å². The Kier molecular flexibility index (Phi) is 5.57. The van der Waals surface area contributed by atoms with Gasteiger partial charge in [0.25, 0.3) is 0 Å². The molecule has 0 fully saturated rings. The van der Waals surface area contributed by atoms with E-state index in [0.29, 0.717) is 11.1 Å². The molecule has 2 aromatic rings. The monoisotopic (exact) mass is 385 g/mol. The Bertz CT molecular complexity index is 950. The maximum atomic E-state index is 12.1. The van der Waals surface area contributed by atoms with Crippen LogP contribution < -0.4 is 9.47 Å². The Morgan fingerprint density at radius 1 is 1.26 bits per heavy atom. The second-order valence-corrected chi connectivity index (χ2v) is 5.97. The highest BCUT2D eigenvalue weighted by atomic mass is 35.5. The fraction of sp³-hybridized carbons (Fsp3) is 0.150. The number of aliphatic imine (C=N–C) groups is 1. The molecule has 0 saturated heterocycles. The van der Waals surface area contributed by atoms with Crippen LogP contribution >= 0.6 is 11.6 Å². The molecule has 1 aliphatic heterocycles. The van der Waals surface area contributed by atoms with Crippen LogP contribution in [0.1, 0.15) is 24.5 Å². The number of cyclic esters (lactones) is 1. The third-order valence-electron chi connectivity index (χ3n) is 3.70. The van der Waals surface area contributed by atoms with Crippen molar-refractivity contribution in [1.29, 1.82) is 0 Å². The Hall–Kier alpha value is -3.12. The molecule has 0 unspecified atom stereocenters. The van der Waals surface area contributed by atoms with E-state index in [1.807, 2.05) is 18.2 Å². The van der Waals surface area contributed by atoms with Crippen LogP contribution in [-0.2, 0) is 14.3 Å². The number of halogens is 1. The van der Waals surface area contributed by atoms with E-state index in [1.165, 1.54) is 13.2 Å². The highest BCUT2D eigenvalue weighted by Gasteiger charge is 2.24. The van der Waals surface area contributed by atoms with Crippen molar-refractivity contribution in [3.63, 3.8) is 0 Å². The zero-order valence-corrected chi connectivity index (χ0v) is 15.4. The highest BCUT2D eigenvalue weighted by molar-refractivity contribution is 6.32. The number of carbonyl (C=O) groups is 2. The summed E-state index contributed by atoms with van der Waals surface area (Å²) in [6, 6.07) is 12.3. The minimum Gasteiger partial charge on any atom is -0.493 e. The molecule has 0 spiro atoms. The first-order valence-corrected chi connectivity index (χ1v) is 8.55. The molecule has 6 nitrogen and oxygen atoms in total. The third-order valence-corrected chi connectivity index (χ3v) is 3.98. The van der Waals surface area contributed by atoms with Crippen molar-refractivity contribution in [3.8, 4) is 11.5 Å². The zero-order valence-electron chi connectivity index (χ0n) is 14.7. The van der Waals surface area contributed by atoms with Gasteiger partial charge in [0.2, 0.25) is 5.90 Å². The van der Waals surface area contributed by atoms with Crippen molar-refractivity contribution < 1.29 is 23.8 Å². The summed E-state index contributed by atoms with van der Waals surface area (Å²) in [6.07, 6.45) is 1.73. The van der Waals surface area contributed by atoms with E-state index in [0.717, 1.165) is 0 Å². The molecular weight excluding hydrogens is 370 g/mol. The number of rotatable bonds is 5. The first-order chi connectivity index (χ1) is 13.0. The molecule has 0 aliphatic carbocycles. The summed E-state index contributed by atoms with van der Waals surface area (Å²) in [6.45, 7) is 1.68. The fourth-order valence-corrected chi connectivity index (χ4v) is 2.64. The SMILES string of the molecule is CCC(=O)Oc1c(Cl)cc(/C=C2/N=C(c3ccccc3)OC2=O)cc1OC. The second kappa shape index (κ2) is 8.05. The molecule has 0 radical (unpaired) electrons. The van der Waals surface area contributed by atoms with Gasteiger partial charge >= 0.3 is 11.9 Å². The Balaban J connectivity index is 1.95. The zero-order chi connectivity index (χ0) is 19.4. The molecule has 1 heterocycles. The molecular formula is C20H16ClNO5. The van der Waals surface area contributed by atoms with Crippen LogP contribution in [0.25, 0.3) is 6.08 Å². The summed E-state index contributed by atoms with van der Waals surface area (Å²) in [5.74, 6) is -0.355. The number of benzene rings is 2. The van der Waals surface area contributed by atoms with E-state index < -0.39 is 11.9 Å². The van der Waals surface area contributed by atoms with E-state index in [2.05, 4.69) is 4.99 Å². The quantitative estimate of drug-likeness (QED) is 0.441. The fourth-order valence-electron chi connectivity index (χ4n) is 2.38. The van der Waals surface area contributed by atoms with E-state index >= 15 is 0 Å². The van der Waals surface area contributed by atoms with E-state index in [-0.39, 0.29) is 34.5 Å². The lowest BCUT2D eigenvalue weighted by molar-refractivity contribution is -0.134. The van der Waals surface area contributed by atoms with Crippen molar-refractivity contribution in [2.75, 3.05) is 7.11 Å². The minimum atomic E-state index is -0.564. The lowest BCUT2D eigenvalue weighted by atomic mass is 10.1. The molecule has 2 aromatic carbocycles. The molecule has 0 N–H and O–H groups in total. The van der Waals surface area contributed by atoms with Gasteiger partial charge in [0.1, 0.15) is 0 Å². The first-order valence-electron chi connectivity index (χ1n) is 8.18.